The SMILES string of the molecule is CCCOc1ccc(C(O)c2ccc(F)c(F)c2F)cc1. The van der Waals surface area contributed by atoms with Crippen LogP contribution in [0.2, 0.25) is 0 Å². The molecule has 0 fully saturated rings. The van der Waals surface area contributed by atoms with Gasteiger partial charge in [-0.3, -0.25) is 0 Å². The van der Waals surface area contributed by atoms with Crippen LogP contribution in [0.5, 0.6) is 5.75 Å². The molecule has 0 amide bonds. The smallest absolute Gasteiger partial charge is 0.194 e. The van der Waals surface area contributed by atoms with Crippen LogP contribution in [0.25, 0.3) is 0 Å². The molecule has 0 saturated heterocycles. The molecule has 112 valence electrons. The number of rotatable bonds is 5. The zero-order valence-electron chi connectivity index (χ0n) is 11.4. The van der Waals surface area contributed by atoms with Gasteiger partial charge in [-0.2, -0.15) is 0 Å². The lowest BCUT2D eigenvalue weighted by Crippen LogP contribution is -2.06. The van der Waals surface area contributed by atoms with Gasteiger partial charge in [-0.15, -0.1) is 0 Å². The van der Waals surface area contributed by atoms with Crippen molar-refractivity contribution in [2.45, 2.75) is 19.4 Å². The lowest BCUT2D eigenvalue weighted by Gasteiger charge is -2.14. The molecule has 2 aromatic carbocycles. The molecule has 0 radical (unpaired) electrons. The Morgan fingerprint density at radius 1 is 1.00 bits per heavy atom. The van der Waals surface area contributed by atoms with E-state index in [0.717, 1.165) is 18.6 Å². The first-order valence-electron chi connectivity index (χ1n) is 6.58. The fraction of sp³-hybridized carbons (Fsp3) is 0.250. The molecule has 0 bridgehead atoms. The average Bonchev–Trinajstić information content (AvgIpc) is 2.51. The van der Waals surface area contributed by atoms with Crippen LogP contribution in [0.1, 0.15) is 30.6 Å². The summed E-state index contributed by atoms with van der Waals surface area (Å²) < 4.78 is 45.1. The molecule has 0 aliphatic carbocycles. The third-order valence-electron chi connectivity index (χ3n) is 3.03. The number of ether oxygens (including phenoxy) is 1. The maximum Gasteiger partial charge on any atom is 0.194 e. The molecule has 2 rings (SSSR count). The van der Waals surface area contributed by atoms with E-state index in [1.807, 2.05) is 6.92 Å². The number of halogens is 3. The zero-order chi connectivity index (χ0) is 15.4. The number of aliphatic hydroxyl groups is 1. The first-order valence-corrected chi connectivity index (χ1v) is 6.58. The van der Waals surface area contributed by atoms with E-state index in [0.29, 0.717) is 17.9 Å². The molecule has 5 heteroatoms. The summed E-state index contributed by atoms with van der Waals surface area (Å²) in [4.78, 5) is 0. The summed E-state index contributed by atoms with van der Waals surface area (Å²) >= 11 is 0. The van der Waals surface area contributed by atoms with Gasteiger partial charge in [0.15, 0.2) is 17.5 Å². The Hall–Kier alpha value is -2.01. The van der Waals surface area contributed by atoms with Crippen molar-refractivity contribution in [2.75, 3.05) is 6.61 Å². The largest absolute Gasteiger partial charge is 0.494 e. The summed E-state index contributed by atoms with van der Waals surface area (Å²) in [5.41, 5.74) is 0.0554. The summed E-state index contributed by atoms with van der Waals surface area (Å²) in [6.45, 7) is 2.55. The average molecular weight is 296 g/mol. The van der Waals surface area contributed by atoms with Crippen molar-refractivity contribution in [3.8, 4) is 5.75 Å². The monoisotopic (exact) mass is 296 g/mol. The lowest BCUT2D eigenvalue weighted by atomic mass is 10.0. The zero-order valence-corrected chi connectivity index (χ0v) is 11.4. The maximum atomic E-state index is 13.6. The van der Waals surface area contributed by atoms with Gasteiger partial charge in [-0.25, -0.2) is 13.2 Å². The van der Waals surface area contributed by atoms with Gasteiger partial charge in [0, 0.05) is 5.56 Å². The first kappa shape index (κ1) is 15.4. The first-order chi connectivity index (χ1) is 10.0. The minimum absolute atomic E-state index is 0.309. The van der Waals surface area contributed by atoms with Crippen LogP contribution < -0.4 is 4.74 Å². The Labute approximate surface area is 120 Å². The quantitative estimate of drug-likeness (QED) is 0.846. The van der Waals surface area contributed by atoms with E-state index in [2.05, 4.69) is 0 Å². The predicted molar refractivity (Wildman–Crippen MR) is 72.6 cm³/mol. The summed E-state index contributed by atoms with van der Waals surface area (Å²) in [7, 11) is 0. The minimum atomic E-state index is -1.59. The van der Waals surface area contributed by atoms with Crippen molar-refractivity contribution in [1.82, 2.24) is 0 Å². The highest BCUT2D eigenvalue weighted by Gasteiger charge is 2.20. The summed E-state index contributed by atoms with van der Waals surface area (Å²) in [5.74, 6) is -3.63. The van der Waals surface area contributed by atoms with Gasteiger partial charge in [0.1, 0.15) is 11.9 Å². The molecule has 0 saturated carbocycles. The summed E-state index contributed by atoms with van der Waals surface area (Å²) in [6, 6.07) is 8.18. The summed E-state index contributed by atoms with van der Waals surface area (Å²) in [6.07, 6.45) is -0.509. The highest BCUT2D eigenvalue weighted by molar-refractivity contribution is 5.35. The molecule has 0 aliphatic rings. The van der Waals surface area contributed by atoms with Gasteiger partial charge in [0.2, 0.25) is 0 Å². The van der Waals surface area contributed by atoms with Crippen molar-refractivity contribution in [1.29, 1.82) is 0 Å². The number of aliphatic hydroxyl groups excluding tert-OH is 1. The van der Waals surface area contributed by atoms with Crippen LogP contribution in [0.4, 0.5) is 13.2 Å². The van der Waals surface area contributed by atoms with Gasteiger partial charge in [-0.1, -0.05) is 25.1 Å². The molecule has 0 spiro atoms. The molecule has 0 aliphatic heterocycles. The van der Waals surface area contributed by atoms with Gasteiger partial charge in [-0.05, 0) is 30.2 Å². The number of benzene rings is 2. The minimum Gasteiger partial charge on any atom is -0.494 e. The third kappa shape index (κ3) is 3.36. The van der Waals surface area contributed by atoms with Crippen LogP contribution >= 0.6 is 0 Å². The van der Waals surface area contributed by atoms with Gasteiger partial charge >= 0.3 is 0 Å². The van der Waals surface area contributed by atoms with E-state index in [1.165, 1.54) is 0 Å². The highest BCUT2D eigenvalue weighted by atomic mass is 19.2. The van der Waals surface area contributed by atoms with Crippen molar-refractivity contribution in [2.24, 2.45) is 0 Å². The lowest BCUT2D eigenvalue weighted by molar-refractivity contribution is 0.212. The molecule has 1 N–H and O–H groups in total. The van der Waals surface area contributed by atoms with Crippen molar-refractivity contribution in [3.63, 3.8) is 0 Å². The number of hydrogen-bond acceptors (Lipinski definition) is 2. The van der Waals surface area contributed by atoms with Crippen molar-refractivity contribution >= 4 is 0 Å². The van der Waals surface area contributed by atoms with E-state index in [4.69, 9.17) is 4.74 Å². The maximum absolute atomic E-state index is 13.6. The summed E-state index contributed by atoms with van der Waals surface area (Å²) in [5, 5.41) is 10.1. The normalized spacial score (nSPS) is 12.2. The Kier molecular flexibility index (Phi) is 4.85. The topological polar surface area (TPSA) is 29.5 Å². The predicted octanol–water partition coefficient (Wildman–Crippen LogP) is 3.97. The standard InChI is InChI=1S/C16H15F3O2/c1-2-9-21-11-5-3-10(4-6-11)16(20)12-7-8-13(17)15(19)14(12)18/h3-8,16,20H,2,9H2,1H3. The molecule has 1 atom stereocenters. The third-order valence-corrected chi connectivity index (χ3v) is 3.03. The van der Waals surface area contributed by atoms with Gasteiger partial charge in [0.05, 0.1) is 6.61 Å². The van der Waals surface area contributed by atoms with Crippen LogP contribution in [-0.4, -0.2) is 11.7 Å². The van der Waals surface area contributed by atoms with E-state index in [-0.39, 0.29) is 5.56 Å². The van der Waals surface area contributed by atoms with Crippen LogP contribution in [0.3, 0.4) is 0 Å². The van der Waals surface area contributed by atoms with Crippen LogP contribution in [-0.2, 0) is 0 Å². The van der Waals surface area contributed by atoms with Crippen LogP contribution in [0, 0.1) is 17.5 Å². The van der Waals surface area contributed by atoms with E-state index >= 15 is 0 Å². The molecule has 2 nitrogen and oxygen atoms in total. The fourth-order valence-electron chi connectivity index (χ4n) is 1.90. The molecule has 0 heterocycles. The molecular formula is C16H15F3O2. The Morgan fingerprint density at radius 3 is 2.29 bits per heavy atom. The molecule has 1 unspecified atom stereocenters. The Balaban J connectivity index is 2.24. The molecular weight excluding hydrogens is 281 g/mol. The molecule has 0 aromatic heterocycles. The number of hydrogen-bond donors (Lipinski definition) is 1. The highest BCUT2D eigenvalue weighted by Crippen LogP contribution is 2.27. The second-order valence-corrected chi connectivity index (χ2v) is 4.58. The fourth-order valence-corrected chi connectivity index (χ4v) is 1.90. The molecule has 2 aromatic rings. The van der Waals surface area contributed by atoms with Crippen molar-refractivity contribution in [3.05, 3.63) is 65.0 Å². The second-order valence-electron chi connectivity index (χ2n) is 4.58. The van der Waals surface area contributed by atoms with Gasteiger partial charge in [0.25, 0.3) is 0 Å². The van der Waals surface area contributed by atoms with Gasteiger partial charge < -0.3 is 9.84 Å². The van der Waals surface area contributed by atoms with Crippen molar-refractivity contribution < 1.29 is 23.0 Å². The van der Waals surface area contributed by atoms with E-state index in [1.54, 1.807) is 24.3 Å². The Bertz CT molecular complexity index is 612. The van der Waals surface area contributed by atoms with E-state index < -0.39 is 23.6 Å². The Morgan fingerprint density at radius 2 is 1.67 bits per heavy atom. The van der Waals surface area contributed by atoms with Crippen LogP contribution in [0.15, 0.2) is 36.4 Å². The second kappa shape index (κ2) is 6.63. The molecule has 21 heavy (non-hydrogen) atoms. The van der Waals surface area contributed by atoms with E-state index in [9.17, 15) is 18.3 Å².